The predicted octanol–water partition coefficient (Wildman–Crippen LogP) is 1.24. The highest BCUT2D eigenvalue weighted by molar-refractivity contribution is 7.84. The van der Waals surface area contributed by atoms with E-state index in [0.717, 1.165) is 55.9 Å². The Hall–Kier alpha value is -2.61. The number of piperazine rings is 1. The minimum Gasteiger partial charge on any atom is -0.393 e. The van der Waals surface area contributed by atoms with Crippen LogP contribution in [0.5, 0.6) is 0 Å². The van der Waals surface area contributed by atoms with Gasteiger partial charge in [-0.05, 0) is 42.9 Å². The number of aliphatic hydroxyl groups excluding tert-OH is 1. The van der Waals surface area contributed by atoms with E-state index in [-0.39, 0.29) is 24.6 Å². The van der Waals surface area contributed by atoms with Crippen molar-refractivity contribution in [1.82, 2.24) is 25.2 Å². The zero-order valence-corrected chi connectivity index (χ0v) is 21.5. The maximum Gasteiger partial charge on any atom is 0.333 e. The van der Waals surface area contributed by atoms with Gasteiger partial charge in [0, 0.05) is 44.3 Å². The molecule has 0 unspecified atom stereocenters. The van der Waals surface area contributed by atoms with Crippen molar-refractivity contribution in [3.8, 4) is 0 Å². The van der Waals surface area contributed by atoms with Gasteiger partial charge < -0.3 is 25.6 Å². The molecular formula is C25H35N7O4S. The number of aryl methyl sites for hydroxylation is 1. The van der Waals surface area contributed by atoms with Crippen molar-refractivity contribution in [2.75, 3.05) is 38.1 Å². The third-order valence-electron chi connectivity index (χ3n) is 7.38. The smallest absolute Gasteiger partial charge is 0.333 e. The third-order valence-corrected chi connectivity index (χ3v) is 7.85. The first-order chi connectivity index (χ1) is 17.9. The van der Waals surface area contributed by atoms with E-state index in [2.05, 4.69) is 50.2 Å². The van der Waals surface area contributed by atoms with E-state index < -0.39 is 16.4 Å². The van der Waals surface area contributed by atoms with E-state index in [0.29, 0.717) is 12.8 Å². The van der Waals surface area contributed by atoms with Crippen LogP contribution >= 0.6 is 0 Å². The van der Waals surface area contributed by atoms with Crippen molar-refractivity contribution >= 4 is 27.2 Å². The van der Waals surface area contributed by atoms with E-state index >= 15 is 0 Å². The number of nitrogens with one attached hydrogen (secondary N) is 3. The van der Waals surface area contributed by atoms with E-state index in [1.807, 2.05) is 16.8 Å². The minimum absolute atomic E-state index is 0.0171. The van der Waals surface area contributed by atoms with Crippen LogP contribution in [0, 0.1) is 5.92 Å². The van der Waals surface area contributed by atoms with Crippen LogP contribution in [0.15, 0.2) is 42.9 Å². The molecule has 4 atom stereocenters. The zero-order chi connectivity index (χ0) is 25.8. The summed E-state index contributed by atoms with van der Waals surface area (Å²) in [6.45, 7) is 4.43. The summed E-state index contributed by atoms with van der Waals surface area (Å²) in [5.41, 5.74) is 3.47. The molecule has 12 heteroatoms. The molecule has 2 fully saturated rings. The summed E-state index contributed by atoms with van der Waals surface area (Å²) < 4.78 is 28.9. The fourth-order valence-corrected chi connectivity index (χ4v) is 5.88. The van der Waals surface area contributed by atoms with Crippen LogP contribution in [-0.4, -0.2) is 66.9 Å². The Kier molecular flexibility index (Phi) is 8.03. The van der Waals surface area contributed by atoms with Crippen LogP contribution in [0.4, 0.5) is 5.82 Å². The van der Waals surface area contributed by atoms with Crippen molar-refractivity contribution in [3.63, 3.8) is 0 Å². The molecule has 1 saturated carbocycles. The van der Waals surface area contributed by atoms with Gasteiger partial charge in [0.05, 0.1) is 24.1 Å². The lowest BCUT2D eigenvalue weighted by Gasteiger charge is -2.16. The second-order valence-corrected chi connectivity index (χ2v) is 11.1. The first-order valence-corrected chi connectivity index (χ1v) is 14.3. The Labute approximate surface area is 217 Å². The van der Waals surface area contributed by atoms with Crippen LogP contribution < -0.4 is 21.1 Å². The van der Waals surface area contributed by atoms with Crippen molar-refractivity contribution in [3.05, 3.63) is 54.0 Å². The molecule has 37 heavy (non-hydrogen) atoms. The third kappa shape index (κ3) is 6.28. The van der Waals surface area contributed by atoms with Crippen LogP contribution in [0.25, 0.3) is 11.0 Å². The number of fused-ring (bicyclic) bond motifs is 2. The Balaban J connectivity index is 0.000000412. The number of hydrogen-bond donors (Lipinski definition) is 5. The largest absolute Gasteiger partial charge is 0.393 e. The topological polar surface area (TPSA) is 156 Å². The fraction of sp³-hybridized carbons (Fsp3) is 0.520. The van der Waals surface area contributed by atoms with Crippen molar-refractivity contribution < 1.29 is 17.7 Å². The maximum atomic E-state index is 11.1. The van der Waals surface area contributed by atoms with Crippen molar-refractivity contribution in [2.45, 2.75) is 43.9 Å². The van der Waals surface area contributed by atoms with Crippen LogP contribution in [0.2, 0.25) is 0 Å². The van der Waals surface area contributed by atoms with Gasteiger partial charge in [-0.15, -0.1) is 0 Å². The maximum absolute atomic E-state index is 11.1. The monoisotopic (exact) mass is 529 g/mol. The van der Waals surface area contributed by atoms with Crippen molar-refractivity contribution in [1.29, 1.82) is 0 Å². The van der Waals surface area contributed by atoms with Crippen LogP contribution in [0.1, 0.15) is 42.5 Å². The average Bonchev–Trinajstić information content (AvgIpc) is 3.61. The lowest BCUT2D eigenvalue weighted by Crippen LogP contribution is -2.39. The Morgan fingerprint density at radius 2 is 1.86 bits per heavy atom. The highest BCUT2D eigenvalue weighted by Crippen LogP contribution is 2.39. The van der Waals surface area contributed by atoms with Gasteiger partial charge in [0.25, 0.3) is 0 Å². The number of hydrogen-bond acceptors (Lipinski definition) is 9. The lowest BCUT2D eigenvalue weighted by atomic mass is 10.1. The number of anilines is 1. The SMILES string of the molecule is C1CNCCN1.NS(=O)(=O)OC[C@@H]1C[C@@H](n2ccc3c(N[C@H]4CCc5ccccc54)ncnc32)C[C@@H]1O. The highest BCUT2D eigenvalue weighted by atomic mass is 32.2. The number of nitrogens with two attached hydrogens (primary N) is 1. The van der Waals surface area contributed by atoms with Crippen LogP contribution in [0.3, 0.4) is 0 Å². The first-order valence-electron chi connectivity index (χ1n) is 12.8. The van der Waals surface area contributed by atoms with Crippen molar-refractivity contribution in [2.24, 2.45) is 11.1 Å². The quantitative estimate of drug-likeness (QED) is 0.317. The first kappa shape index (κ1) is 26.0. The number of aliphatic hydroxyl groups is 1. The molecule has 1 aromatic carbocycles. The van der Waals surface area contributed by atoms with E-state index in [1.165, 1.54) is 11.1 Å². The highest BCUT2D eigenvalue weighted by Gasteiger charge is 2.35. The average molecular weight is 530 g/mol. The predicted molar refractivity (Wildman–Crippen MR) is 141 cm³/mol. The summed E-state index contributed by atoms with van der Waals surface area (Å²) in [6.07, 6.45) is 5.96. The van der Waals surface area contributed by atoms with Gasteiger partial charge in [-0.1, -0.05) is 24.3 Å². The molecule has 3 aromatic rings. The lowest BCUT2D eigenvalue weighted by molar-refractivity contribution is 0.100. The van der Waals surface area contributed by atoms with Gasteiger partial charge in [-0.3, -0.25) is 4.18 Å². The molecule has 0 bridgehead atoms. The molecule has 2 aromatic heterocycles. The summed E-state index contributed by atoms with van der Waals surface area (Å²) in [4.78, 5) is 8.97. The zero-order valence-electron chi connectivity index (χ0n) is 20.7. The van der Waals surface area contributed by atoms with Gasteiger partial charge in [0.15, 0.2) is 0 Å². The second kappa shape index (κ2) is 11.4. The molecule has 11 nitrogen and oxygen atoms in total. The van der Waals surface area contributed by atoms with Gasteiger partial charge in [0.1, 0.15) is 17.8 Å². The molecular weight excluding hydrogens is 494 g/mol. The molecule has 2 aliphatic carbocycles. The Morgan fingerprint density at radius 3 is 2.59 bits per heavy atom. The van der Waals surface area contributed by atoms with Gasteiger partial charge in [0.2, 0.25) is 0 Å². The number of rotatable bonds is 6. The number of benzene rings is 1. The summed E-state index contributed by atoms with van der Waals surface area (Å²) in [5.74, 6) is 0.480. The molecule has 0 spiro atoms. The molecule has 6 N–H and O–H groups in total. The summed E-state index contributed by atoms with van der Waals surface area (Å²) >= 11 is 0. The molecule has 3 heterocycles. The number of nitrogens with zero attached hydrogens (tertiary/aromatic N) is 3. The molecule has 200 valence electrons. The normalized spacial score (nSPS) is 25.5. The molecule has 1 saturated heterocycles. The summed E-state index contributed by atoms with van der Waals surface area (Å²) in [6, 6.07) is 10.6. The van der Waals surface area contributed by atoms with E-state index in [9.17, 15) is 13.5 Å². The fourth-order valence-electron chi connectivity index (χ4n) is 5.52. The van der Waals surface area contributed by atoms with Gasteiger partial charge in [-0.2, -0.15) is 8.42 Å². The summed E-state index contributed by atoms with van der Waals surface area (Å²) in [7, 11) is -4.03. The van der Waals surface area contributed by atoms with Crippen LogP contribution in [-0.2, 0) is 20.9 Å². The van der Waals surface area contributed by atoms with Gasteiger partial charge >= 0.3 is 10.3 Å². The second-order valence-electron chi connectivity index (χ2n) is 9.85. The molecule has 0 radical (unpaired) electrons. The van der Waals surface area contributed by atoms with E-state index in [1.54, 1.807) is 6.33 Å². The molecule has 1 aliphatic heterocycles. The molecule has 3 aliphatic rings. The van der Waals surface area contributed by atoms with E-state index in [4.69, 9.17) is 9.32 Å². The van der Waals surface area contributed by atoms with Gasteiger partial charge in [-0.25, -0.2) is 15.1 Å². The Bertz CT molecular complexity index is 1300. The number of aromatic nitrogens is 3. The standard InChI is InChI=1S/C21H25N5O4S.C4H10N2/c22-31(28,29)30-11-14-9-15(10-19(14)27)26-8-7-17-20(23-12-24-21(17)26)25-18-6-5-13-3-1-2-4-16(13)18;1-2-6-4-3-5-1/h1-4,7-8,12,14-15,18-19,27H,5-6,9-11H2,(H2,22,28,29)(H,23,24,25);5-6H,1-4H2/t14-,15+,18-,19-;/m0./s1. The minimum atomic E-state index is -4.03. The molecule has 0 amide bonds. The molecule has 6 rings (SSSR count). The Morgan fingerprint density at radius 1 is 1.11 bits per heavy atom. The summed E-state index contributed by atoms with van der Waals surface area (Å²) in [5, 5.41) is 26.3.